The van der Waals surface area contributed by atoms with E-state index in [9.17, 15) is 18.0 Å². The van der Waals surface area contributed by atoms with Crippen LogP contribution in [0.4, 0.5) is 5.69 Å². The van der Waals surface area contributed by atoms with Crippen LogP contribution in [0.1, 0.15) is 37.5 Å². The lowest BCUT2D eigenvalue weighted by Gasteiger charge is -2.32. The van der Waals surface area contributed by atoms with Crippen molar-refractivity contribution >= 4 is 50.7 Å². The molecule has 0 aliphatic heterocycles. The lowest BCUT2D eigenvalue weighted by atomic mass is 10.1. The fraction of sp³-hybridized carbons (Fsp3) is 0.310. The number of nitrogens with one attached hydrogen (secondary N) is 1. The molecule has 0 heterocycles. The van der Waals surface area contributed by atoms with Gasteiger partial charge in [-0.05, 0) is 68.7 Å². The van der Waals surface area contributed by atoms with Gasteiger partial charge in [0.25, 0.3) is 10.0 Å². The number of anilines is 1. The van der Waals surface area contributed by atoms with Crippen molar-refractivity contribution in [3.05, 3.63) is 93.5 Å². The molecule has 0 aromatic heterocycles. The normalized spacial score (nSPS) is 12.1. The zero-order valence-electron chi connectivity index (χ0n) is 22.4. The highest BCUT2D eigenvalue weighted by Crippen LogP contribution is 2.29. The molecule has 0 saturated carbocycles. The number of benzene rings is 3. The first kappa shape index (κ1) is 30.5. The van der Waals surface area contributed by atoms with Gasteiger partial charge in [-0.3, -0.25) is 13.9 Å². The van der Waals surface area contributed by atoms with Crippen LogP contribution in [0.25, 0.3) is 0 Å². The molecular formula is C29H33Cl2N3O4S. The Morgan fingerprint density at radius 3 is 2.23 bits per heavy atom. The second kappa shape index (κ2) is 13.3. The van der Waals surface area contributed by atoms with Crippen LogP contribution in [0.3, 0.4) is 0 Å². The summed E-state index contributed by atoms with van der Waals surface area (Å²) in [6.45, 7) is 7.03. The van der Waals surface area contributed by atoms with E-state index >= 15 is 0 Å². The molecule has 2 amide bonds. The monoisotopic (exact) mass is 589 g/mol. The molecule has 0 aliphatic rings. The van der Waals surface area contributed by atoms with Crippen molar-refractivity contribution in [2.75, 3.05) is 17.4 Å². The highest BCUT2D eigenvalue weighted by atomic mass is 35.5. The Morgan fingerprint density at radius 2 is 1.62 bits per heavy atom. The Bertz CT molecular complexity index is 1430. The van der Waals surface area contributed by atoms with Crippen LogP contribution in [-0.2, 0) is 32.6 Å². The zero-order valence-corrected chi connectivity index (χ0v) is 24.8. The van der Waals surface area contributed by atoms with Gasteiger partial charge in [-0.2, -0.15) is 0 Å². The summed E-state index contributed by atoms with van der Waals surface area (Å²) >= 11 is 12.5. The fourth-order valence-corrected chi connectivity index (χ4v) is 6.06. The standard InChI is InChI=1S/C29H33Cl2N3O4S/c1-5-22-9-7-8-10-27(22)34(39(37,38)25-15-11-20(3)12-16-25)19-28(35)33(21(4)29(36)32-6-2)18-23-13-14-24(30)17-26(23)31/h7-17,21H,5-6,18-19H2,1-4H3,(H,32,36)/t21-/m0/s1. The van der Waals surface area contributed by atoms with Gasteiger partial charge in [0.1, 0.15) is 12.6 Å². The lowest BCUT2D eigenvalue weighted by Crippen LogP contribution is -2.51. The molecule has 3 aromatic rings. The molecule has 0 radical (unpaired) electrons. The van der Waals surface area contributed by atoms with Gasteiger partial charge in [0.05, 0.1) is 10.6 Å². The molecule has 1 N–H and O–H groups in total. The van der Waals surface area contributed by atoms with Crippen LogP contribution in [0.2, 0.25) is 10.0 Å². The first-order valence-electron chi connectivity index (χ1n) is 12.7. The number of hydrogen-bond acceptors (Lipinski definition) is 4. The number of rotatable bonds is 11. The van der Waals surface area contributed by atoms with Gasteiger partial charge in [0, 0.05) is 23.1 Å². The van der Waals surface area contributed by atoms with Crippen LogP contribution >= 0.6 is 23.2 Å². The zero-order chi connectivity index (χ0) is 28.7. The van der Waals surface area contributed by atoms with Gasteiger partial charge >= 0.3 is 0 Å². The van der Waals surface area contributed by atoms with Crippen molar-refractivity contribution < 1.29 is 18.0 Å². The second-order valence-corrected chi connectivity index (χ2v) is 11.8. The third-order valence-electron chi connectivity index (χ3n) is 6.40. The van der Waals surface area contributed by atoms with Gasteiger partial charge in [0.2, 0.25) is 11.8 Å². The largest absolute Gasteiger partial charge is 0.355 e. The van der Waals surface area contributed by atoms with Crippen molar-refractivity contribution in [2.45, 2.75) is 51.6 Å². The summed E-state index contributed by atoms with van der Waals surface area (Å²) in [5, 5.41) is 3.51. The van der Waals surface area contributed by atoms with Crippen LogP contribution in [0.5, 0.6) is 0 Å². The Hall–Kier alpha value is -3.07. The SMILES string of the molecule is CCNC(=O)[C@H](C)N(Cc1ccc(Cl)cc1Cl)C(=O)CN(c1ccccc1CC)S(=O)(=O)c1ccc(C)cc1. The second-order valence-electron chi connectivity index (χ2n) is 9.13. The van der Waals surface area contributed by atoms with E-state index < -0.39 is 28.5 Å². The topological polar surface area (TPSA) is 86.8 Å². The first-order chi connectivity index (χ1) is 18.5. The van der Waals surface area contributed by atoms with E-state index in [1.165, 1.54) is 17.0 Å². The maximum Gasteiger partial charge on any atom is 0.264 e. The van der Waals surface area contributed by atoms with Crippen LogP contribution in [-0.4, -0.2) is 44.3 Å². The molecule has 3 rings (SSSR count). The summed E-state index contributed by atoms with van der Waals surface area (Å²) in [6, 6.07) is 17.6. The van der Waals surface area contributed by atoms with Gasteiger partial charge in [-0.1, -0.05) is 72.1 Å². The van der Waals surface area contributed by atoms with E-state index in [1.54, 1.807) is 56.3 Å². The summed E-state index contributed by atoms with van der Waals surface area (Å²) in [5.74, 6) is -0.917. The predicted octanol–water partition coefficient (Wildman–Crippen LogP) is 5.61. The van der Waals surface area contributed by atoms with Gasteiger partial charge in [-0.25, -0.2) is 8.42 Å². The number of carbonyl (C=O) groups is 2. The number of amides is 2. The Labute approximate surface area is 240 Å². The smallest absolute Gasteiger partial charge is 0.264 e. The van der Waals surface area contributed by atoms with E-state index in [2.05, 4.69) is 5.32 Å². The Balaban J connectivity index is 2.09. The minimum atomic E-state index is -4.13. The van der Waals surface area contributed by atoms with E-state index in [1.807, 2.05) is 26.0 Å². The average Bonchev–Trinajstić information content (AvgIpc) is 2.91. The molecule has 39 heavy (non-hydrogen) atoms. The summed E-state index contributed by atoms with van der Waals surface area (Å²) in [5.41, 5.74) is 2.66. The van der Waals surface area contributed by atoms with Crippen LogP contribution in [0, 0.1) is 6.92 Å². The maximum atomic E-state index is 14.0. The molecule has 0 saturated heterocycles. The molecule has 3 aromatic carbocycles. The minimum absolute atomic E-state index is 0.0129. The van der Waals surface area contributed by atoms with E-state index in [4.69, 9.17) is 23.2 Å². The number of aryl methyl sites for hydroxylation is 2. The maximum absolute atomic E-state index is 14.0. The van der Waals surface area contributed by atoms with E-state index in [0.29, 0.717) is 34.3 Å². The molecule has 0 bridgehead atoms. The molecule has 208 valence electrons. The van der Waals surface area contributed by atoms with E-state index in [-0.39, 0.29) is 17.3 Å². The predicted molar refractivity (Wildman–Crippen MR) is 157 cm³/mol. The van der Waals surface area contributed by atoms with Gasteiger partial charge in [-0.15, -0.1) is 0 Å². The Kier molecular flexibility index (Phi) is 10.4. The first-order valence-corrected chi connectivity index (χ1v) is 14.9. The fourth-order valence-electron chi connectivity index (χ4n) is 4.14. The summed E-state index contributed by atoms with van der Waals surface area (Å²) in [6.07, 6.45) is 0.559. The minimum Gasteiger partial charge on any atom is -0.355 e. The number of likely N-dealkylation sites (N-methyl/N-ethyl adjacent to an activating group) is 1. The number of sulfonamides is 1. The molecule has 0 fully saturated rings. The number of halogens is 2. The molecule has 10 heteroatoms. The van der Waals surface area contributed by atoms with Crippen molar-refractivity contribution in [1.29, 1.82) is 0 Å². The quantitative estimate of drug-likeness (QED) is 0.315. The number of nitrogens with zero attached hydrogens (tertiary/aromatic N) is 2. The molecule has 0 spiro atoms. The number of hydrogen-bond donors (Lipinski definition) is 1. The molecular weight excluding hydrogens is 557 g/mol. The summed E-state index contributed by atoms with van der Waals surface area (Å²) in [4.78, 5) is 28.2. The molecule has 1 atom stereocenters. The lowest BCUT2D eigenvalue weighted by molar-refractivity contribution is -0.139. The van der Waals surface area contributed by atoms with Crippen LogP contribution in [0.15, 0.2) is 71.6 Å². The van der Waals surface area contributed by atoms with Crippen molar-refractivity contribution in [2.24, 2.45) is 0 Å². The number of carbonyl (C=O) groups excluding carboxylic acids is 2. The molecule has 0 unspecified atom stereocenters. The third kappa shape index (κ3) is 7.32. The molecule has 0 aliphatic carbocycles. The third-order valence-corrected chi connectivity index (χ3v) is 8.76. The highest BCUT2D eigenvalue weighted by Gasteiger charge is 2.33. The van der Waals surface area contributed by atoms with Gasteiger partial charge in [0.15, 0.2) is 0 Å². The van der Waals surface area contributed by atoms with Gasteiger partial charge < -0.3 is 10.2 Å². The molecule has 7 nitrogen and oxygen atoms in total. The highest BCUT2D eigenvalue weighted by molar-refractivity contribution is 7.92. The van der Waals surface area contributed by atoms with Crippen molar-refractivity contribution in [3.8, 4) is 0 Å². The summed E-state index contributed by atoms with van der Waals surface area (Å²) in [7, 11) is -4.13. The van der Waals surface area contributed by atoms with Crippen LogP contribution < -0.4 is 9.62 Å². The van der Waals surface area contributed by atoms with Crippen molar-refractivity contribution in [3.63, 3.8) is 0 Å². The number of para-hydroxylation sites is 1. The van der Waals surface area contributed by atoms with Crippen molar-refractivity contribution in [1.82, 2.24) is 10.2 Å². The van der Waals surface area contributed by atoms with E-state index in [0.717, 1.165) is 15.4 Å². The summed E-state index contributed by atoms with van der Waals surface area (Å²) < 4.78 is 29.1. The average molecular weight is 591 g/mol. The Morgan fingerprint density at radius 1 is 0.949 bits per heavy atom.